The molecule has 1 amide bonds. The van der Waals surface area contributed by atoms with Crippen LogP contribution in [0.4, 0.5) is 0 Å². The second kappa shape index (κ2) is 7.95. The summed E-state index contributed by atoms with van der Waals surface area (Å²) in [6.45, 7) is 7.44. The Balaban J connectivity index is 2.74. The number of nitrogens with zero attached hydrogens (tertiary/aromatic N) is 1. The van der Waals surface area contributed by atoms with Crippen molar-refractivity contribution in [1.29, 1.82) is 0 Å². The van der Waals surface area contributed by atoms with Gasteiger partial charge in [-0.1, -0.05) is 36.8 Å². The zero-order chi connectivity index (χ0) is 14.3. The molecule has 0 fully saturated rings. The minimum Gasteiger partial charge on any atom is -0.340 e. The Morgan fingerprint density at radius 2 is 1.89 bits per heavy atom. The molecule has 1 rings (SSSR count). The maximum Gasteiger partial charge on any atom is 0.224 e. The van der Waals surface area contributed by atoms with E-state index in [0.717, 1.165) is 19.4 Å². The lowest BCUT2D eigenvalue weighted by molar-refractivity contribution is -0.133. The summed E-state index contributed by atoms with van der Waals surface area (Å²) < 4.78 is 0. The lowest BCUT2D eigenvalue weighted by Crippen LogP contribution is -2.41. The van der Waals surface area contributed by atoms with Crippen LogP contribution in [0.5, 0.6) is 0 Å². The highest BCUT2D eigenvalue weighted by Gasteiger charge is 2.20. The van der Waals surface area contributed by atoms with Crippen molar-refractivity contribution in [3.8, 4) is 0 Å². The monoisotopic (exact) mass is 262 g/mol. The zero-order valence-electron chi connectivity index (χ0n) is 12.4. The summed E-state index contributed by atoms with van der Waals surface area (Å²) in [5.41, 5.74) is 8.04. The average molecular weight is 262 g/mol. The van der Waals surface area contributed by atoms with Crippen molar-refractivity contribution >= 4 is 5.91 Å². The predicted molar refractivity (Wildman–Crippen MR) is 80.0 cm³/mol. The third-order valence-electron chi connectivity index (χ3n) is 3.52. The number of nitrogens with two attached hydrogens (primary N) is 1. The SMILES string of the molecule is CCC(Cc1ccc(C)cc1)N(CC)C(=O)CCN. The fourth-order valence-corrected chi connectivity index (χ4v) is 2.38. The summed E-state index contributed by atoms with van der Waals surface area (Å²) in [7, 11) is 0. The van der Waals surface area contributed by atoms with Gasteiger partial charge in [0, 0.05) is 25.6 Å². The molecule has 1 atom stereocenters. The summed E-state index contributed by atoms with van der Waals surface area (Å²) in [4.78, 5) is 14.0. The van der Waals surface area contributed by atoms with Crippen LogP contribution in [0, 0.1) is 6.92 Å². The Morgan fingerprint density at radius 1 is 1.26 bits per heavy atom. The van der Waals surface area contributed by atoms with E-state index in [0.29, 0.717) is 13.0 Å². The fraction of sp³-hybridized carbons (Fsp3) is 0.562. The number of benzene rings is 1. The van der Waals surface area contributed by atoms with Crippen LogP contribution in [-0.2, 0) is 11.2 Å². The van der Waals surface area contributed by atoms with Gasteiger partial charge in [-0.15, -0.1) is 0 Å². The Bertz CT molecular complexity index is 386. The van der Waals surface area contributed by atoms with Crippen LogP contribution < -0.4 is 5.73 Å². The van der Waals surface area contributed by atoms with Crippen LogP contribution in [0.15, 0.2) is 24.3 Å². The van der Waals surface area contributed by atoms with Crippen molar-refractivity contribution in [1.82, 2.24) is 4.90 Å². The van der Waals surface area contributed by atoms with Gasteiger partial charge in [0.05, 0.1) is 0 Å². The first-order valence-electron chi connectivity index (χ1n) is 7.17. The van der Waals surface area contributed by atoms with Gasteiger partial charge >= 0.3 is 0 Å². The Kier molecular flexibility index (Phi) is 6.57. The molecule has 19 heavy (non-hydrogen) atoms. The first kappa shape index (κ1) is 15.7. The number of amides is 1. The van der Waals surface area contributed by atoms with Gasteiger partial charge in [0.1, 0.15) is 0 Å². The van der Waals surface area contributed by atoms with Gasteiger partial charge in [-0.2, -0.15) is 0 Å². The third kappa shape index (κ3) is 4.67. The second-order valence-corrected chi connectivity index (χ2v) is 4.97. The van der Waals surface area contributed by atoms with Gasteiger partial charge in [-0.3, -0.25) is 4.79 Å². The van der Waals surface area contributed by atoms with Crippen molar-refractivity contribution in [2.24, 2.45) is 5.73 Å². The van der Waals surface area contributed by atoms with Gasteiger partial charge in [-0.25, -0.2) is 0 Å². The summed E-state index contributed by atoms with van der Waals surface area (Å²) in [6.07, 6.45) is 2.33. The number of rotatable bonds is 7. The largest absolute Gasteiger partial charge is 0.340 e. The molecule has 0 spiro atoms. The van der Waals surface area contributed by atoms with Gasteiger partial charge in [-0.05, 0) is 32.3 Å². The van der Waals surface area contributed by atoms with Crippen LogP contribution in [0.1, 0.15) is 37.8 Å². The standard InChI is InChI=1S/C16H26N2O/c1-4-15(18(5-2)16(19)10-11-17)12-14-8-6-13(3)7-9-14/h6-9,15H,4-5,10-12,17H2,1-3H3. The van der Waals surface area contributed by atoms with Crippen molar-refractivity contribution in [2.45, 2.75) is 46.1 Å². The average Bonchev–Trinajstić information content (AvgIpc) is 2.41. The topological polar surface area (TPSA) is 46.3 Å². The van der Waals surface area contributed by atoms with Crippen molar-refractivity contribution in [2.75, 3.05) is 13.1 Å². The molecule has 0 aliphatic heterocycles. The molecule has 3 nitrogen and oxygen atoms in total. The lowest BCUT2D eigenvalue weighted by atomic mass is 10.0. The Labute approximate surface area is 116 Å². The highest BCUT2D eigenvalue weighted by Crippen LogP contribution is 2.14. The number of hydrogen-bond donors (Lipinski definition) is 1. The van der Waals surface area contributed by atoms with E-state index < -0.39 is 0 Å². The third-order valence-corrected chi connectivity index (χ3v) is 3.52. The molecule has 1 aromatic rings. The molecule has 0 heterocycles. The van der Waals surface area contributed by atoms with Gasteiger partial charge in [0.25, 0.3) is 0 Å². The normalized spacial score (nSPS) is 12.2. The lowest BCUT2D eigenvalue weighted by Gasteiger charge is -2.30. The first-order valence-corrected chi connectivity index (χ1v) is 7.17. The number of carbonyl (C=O) groups is 1. The molecule has 3 heteroatoms. The maximum absolute atomic E-state index is 12.1. The molecule has 0 bridgehead atoms. The van der Waals surface area contributed by atoms with Crippen LogP contribution in [0.3, 0.4) is 0 Å². The molecule has 106 valence electrons. The van der Waals surface area contributed by atoms with Crippen LogP contribution in [0.25, 0.3) is 0 Å². The summed E-state index contributed by atoms with van der Waals surface area (Å²) in [5, 5.41) is 0. The van der Waals surface area contributed by atoms with E-state index in [4.69, 9.17) is 5.73 Å². The smallest absolute Gasteiger partial charge is 0.224 e. The molecule has 0 aliphatic rings. The van der Waals surface area contributed by atoms with E-state index in [1.807, 2.05) is 11.8 Å². The summed E-state index contributed by atoms with van der Waals surface area (Å²) >= 11 is 0. The number of aryl methyl sites for hydroxylation is 1. The molecular weight excluding hydrogens is 236 g/mol. The van der Waals surface area contributed by atoms with E-state index in [2.05, 4.69) is 38.1 Å². The quantitative estimate of drug-likeness (QED) is 0.820. The van der Waals surface area contributed by atoms with Crippen molar-refractivity contribution in [3.63, 3.8) is 0 Å². The molecule has 0 radical (unpaired) electrons. The van der Waals surface area contributed by atoms with Crippen LogP contribution in [0.2, 0.25) is 0 Å². The number of carbonyl (C=O) groups excluding carboxylic acids is 1. The summed E-state index contributed by atoms with van der Waals surface area (Å²) in [6, 6.07) is 8.82. The van der Waals surface area contributed by atoms with Crippen molar-refractivity contribution < 1.29 is 4.79 Å². The summed E-state index contributed by atoms with van der Waals surface area (Å²) in [5.74, 6) is 0.170. The zero-order valence-corrected chi connectivity index (χ0v) is 12.4. The molecule has 2 N–H and O–H groups in total. The van der Waals surface area contributed by atoms with E-state index in [9.17, 15) is 4.79 Å². The molecule has 1 aromatic carbocycles. The van der Waals surface area contributed by atoms with Crippen molar-refractivity contribution in [3.05, 3.63) is 35.4 Å². The molecule has 0 aliphatic carbocycles. The van der Waals surface area contributed by atoms with Gasteiger partial charge < -0.3 is 10.6 Å². The van der Waals surface area contributed by atoms with Gasteiger partial charge in [0.2, 0.25) is 5.91 Å². The van der Waals surface area contributed by atoms with E-state index in [1.165, 1.54) is 11.1 Å². The minimum atomic E-state index is 0.170. The Hall–Kier alpha value is -1.35. The van der Waals surface area contributed by atoms with E-state index in [1.54, 1.807) is 0 Å². The van der Waals surface area contributed by atoms with Gasteiger partial charge in [0.15, 0.2) is 0 Å². The molecule has 0 saturated heterocycles. The van der Waals surface area contributed by atoms with Crippen LogP contribution in [-0.4, -0.2) is 29.9 Å². The predicted octanol–water partition coefficient (Wildman–Crippen LogP) is 2.51. The highest BCUT2D eigenvalue weighted by molar-refractivity contribution is 5.76. The molecule has 1 unspecified atom stereocenters. The Morgan fingerprint density at radius 3 is 2.37 bits per heavy atom. The molecule has 0 saturated carbocycles. The van der Waals surface area contributed by atoms with Crippen LogP contribution >= 0.6 is 0 Å². The minimum absolute atomic E-state index is 0.170. The number of likely N-dealkylation sites (N-methyl/N-ethyl adjacent to an activating group) is 1. The fourth-order valence-electron chi connectivity index (χ4n) is 2.38. The number of hydrogen-bond acceptors (Lipinski definition) is 2. The highest BCUT2D eigenvalue weighted by atomic mass is 16.2. The maximum atomic E-state index is 12.1. The van der Waals surface area contributed by atoms with E-state index >= 15 is 0 Å². The molecule has 0 aromatic heterocycles. The second-order valence-electron chi connectivity index (χ2n) is 4.97. The first-order chi connectivity index (χ1) is 9.12. The van der Waals surface area contributed by atoms with E-state index in [-0.39, 0.29) is 11.9 Å². The molecular formula is C16H26N2O.